The molecule has 110 valence electrons. The molecular formula is C12H15ClN2O4S. The van der Waals surface area contributed by atoms with Gasteiger partial charge >= 0.3 is 0 Å². The fourth-order valence-corrected chi connectivity index (χ4v) is 2.74. The van der Waals surface area contributed by atoms with E-state index >= 15 is 0 Å². The topological polar surface area (TPSA) is 75.7 Å². The van der Waals surface area contributed by atoms with Crippen LogP contribution in [0, 0.1) is 0 Å². The minimum absolute atomic E-state index is 0.138. The molecule has 0 atom stereocenters. The normalized spacial score (nSPS) is 16.0. The Morgan fingerprint density at radius 1 is 1.35 bits per heavy atom. The van der Waals surface area contributed by atoms with Crippen molar-refractivity contribution in [2.75, 3.05) is 37.3 Å². The van der Waals surface area contributed by atoms with E-state index in [1.165, 1.54) is 12.1 Å². The summed E-state index contributed by atoms with van der Waals surface area (Å²) < 4.78 is 29.8. The molecule has 2 rings (SSSR count). The van der Waals surface area contributed by atoms with Crippen molar-refractivity contribution in [3.63, 3.8) is 0 Å². The zero-order valence-corrected chi connectivity index (χ0v) is 12.5. The van der Waals surface area contributed by atoms with Crippen molar-refractivity contribution in [1.82, 2.24) is 4.90 Å². The lowest BCUT2D eigenvalue weighted by atomic mass is 10.1. The summed E-state index contributed by atoms with van der Waals surface area (Å²) in [5.41, 5.74) is 0.684. The van der Waals surface area contributed by atoms with Gasteiger partial charge in [-0.25, -0.2) is 8.42 Å². The smallest absolute Gasteiger partial charge is 0.254 e. The Morgan fingerprint density at radius 2 is 2.00 bits per heavy atom. The molecule has 20 heavy (non-hydrogen) atoms. The van der Waals surface area contributed by atoms with Crippen LogP contribution < -0.4 is 4.72 Å². The summed E-state index contributed by atoms with van der Waals surface area (Å²) in [4.78, 5) is 13.9. The molecule has 0 saturated carbocycles. The summed E-state index contributed by atoms with van der Waals surface area (Å²) in [7, 11) is -3.40. The van der Waals surface area contributed by atoms with E-state index in [-0.39, 0.29) is 16.6 Å². The quantitative estimate of drug-likeness (QED) is 0.908. The van der Waals surface area contributed by atoms with Crippen LogP contribution in [0.15, 0.2) is 18.2 Å². The van der Waals surface area contributed by atoms with Gasteiger partial charge in [-0.05, 0) is 18.2 Å². The van der Waals surface area contributed by atoms with Crippen LogP contribution in [-0.2, 0) is 14.8 Å². The summed E-state index contributed by atoms with van der Waals surface area (Å²) in [5, 5.41) is 0.189. The number of anilines is 1. The van der Waals surface area contributed by atoms with Crippen molar-refractivity contribution < 1.29 is 17.9 Å². The average Bonchev–Trinajstić information content (AvgIpc) is 2.40. The molecule has 1 saturated heterocycles. The number of nitrogens with one attached hydrogen (secondary N) is 1. The highest BCUT2D eigenvalue weighted by Crippen LogP contribution is 2.24. The lowest BCUT2D eigenvalue weighted by molar-refractivity contribution is 0.0303. The molecule has 1 amide bonds. The first kappa shape index (κ1) is 15.1. The first-order valence-electron chi connectivity index (χ1n) is 6.01. The molecule has 1 aromatic carbocycles. The van der Waals surface area contributed by atoms with E-state index in [2.05, 4.69) is 4.72 Å². The molecule has 8 heteroatoms. The Kier molecular flexibility index (Phi) is 4.52. The minimum Gasteiger partial charge on any atom is -0.378 e. The molecule has 0 aromatic heterocycles. The number of morpholine rings is 1. The lowest BCUT2D eigenvalue weighted by Gasteiger charge is -2.27. The van der Waals surface area contributed by atoms with Crippen molar-refractivity contribution in [2.24, 2.45) is 0 Å². The van der Waals surface area contributed by atoms with E-state index in [1.807, 2.05) is 0 Å². The second kappa shape index (κ2) is 5.99. The van der Waals surface area contributed by atoms with Crippen molar-refractivity contribution in [3.8, 4) is 0 Å². The second-order valence-corrected chi connectivity index (χ2v) is 6.63. The van der Waals surface area contributed by atoms with Gasteiger partial charge in [0.1, 0.15) is 0 Å². The number of hydrogen-bond acceptors (Lipinski definition) is 4. The van der Waals surface area contributed by atoms with Crippen LogP contribution in [0.2, 0.25) is 5.02 Å². The molecule has 0 unspecified atom stereocenters. The standard InChI is InChI=1S/C12H15ClN2O4S/c1-20(17,18)14-11-3-2-9(8-10(11)13)12(16)15-4-6-19-7-5-15/h2-3,8,14H,4-7H2,1H3. The Labute approximate surface area is 122 Å². The summed E-state index contributed by atoms with van der Waals surface area (Å²) >= 11 is 6.00. The fourth-order valence-electron chi connectivity index (χ4n) is 1.88. The highest BCUT2D eigenvalue weighted by atomic mass is 35.5. The summed E-state index contributed by atoms with van der Waals surface area (Å²) in [6.07, 6.45) is 1.04. The van der Waals surface area contributed by atoms with Gasteiger partial charge in [-0.2, -0.15) is 0 Å². The first-order valence-corrected chi connectivity index (χ1v) is 8.28. The van der Waals surface area contributed by atoms with Gasteiger partial charge in [0, 0.05) is 18.7 Å². The monoisotopic (exact) mass is 318 g/mol. The molecule has 1 aliphatic heterocycles. The first-order chi connectivity index (χ1) is 9.37. The average molecular weight is 319 g/mol. The number of hydrogen-bond donors (Lipinski definition) is 1. The number of ether oxygens (including phenoxy) is 1. The van der Waals surface area contributed by atoms with E-state index in [0.29, 0.717) is 31.9 Å². The number of amides is 1. The maximum absolute atomic E-state index is 12.2. The maximum Gasteiger partial charge on any atom is 0.254 e. The van der Waals surface area contributed by atoms with Crippen LogP contribution in [0.5, 0.6) is 0 Å². The van der Waals surface area contributed by atoms with E-state index < -0.39 is 10.0 Å². The van der Waals surface area contributed by atoms with Crippen molar-refractivity contribution in [1.29, 1.82) is 0 Å². The minimum atomic E-state index is -3.40. The van der Waals surface area contributed by atoms with Crippen LogP contribution in [0.3, 0.4) is 0 Å². The molecule has 0 aliphatic carbocycles. The number of carbonyl (C=O) groups is 1. The van der Waals surface area contributed by atoms with Gasteiger partial charge in [0.25, 0.3) is 5.91 Å². The molecule has 1 heterocycles. The maximum atomic E-state index is 12.2. The predicted octanol–water partition coefficient (Wildman–Crippen LogP) is 1.18. The zero-order chi connectivity index (χ0) is 14.8. The largest absolute Gasteiger partial charge is 0.378 e. The van der Waals surface area contributed by atoms with Gasteiger partial charge in [0.15, 0.2) is 0 Å². The molecule has 6 nitrogen and oxygen atoms in total. The number of nitrogens with zero attached hydrogens (tertiary/aromatic N) is 1. The Bertz CT molecular complexity index is 612. The van der Waals surface area contributed by atoms with Crippen molar-refractivity contribution >= 4 is 33.2 Å². The third kappa shape index (κ3) is 3.84. The Balaban J connectivity index is 2.17. The Morgan fingerprint density at radius 3 is 2.55 bits per heavy atom. The molecule has 0 bridgehead atoms. The summed E-state index contributed by atoms with van der Waals surface area (Å²) in [6, 6.07) is 4.50. The molecular weight excluding hydrogens is 304 g/mol. The van der Waals surface area contributed by atoms with E-state index in [0.717, 1.165) is 6.26 Å². The molecule has 1 aromatic rings. The molecule has 1 fully saturated rings. The number of carbonyl (C=O) groups excluding carboxylic acids is 1. The lowest BCUT2D eigenvalue weighted by Crippen LogP contribution is -2.40. The van der Waals surface area contributed by atoms with Crippen LogP contribution in [0.1, 0.15) is 10.4 Å². The highest BCUT2D eigenvalue weighted by molar-refractivity contribution is 7.92. The predicted molar refractivity (Wildman–Crippen MR) is 76.6 cm³/mol. The number of sulfonamides is 1. The summed E-state index contributed by atoms with van der Waals surface area (Å²) in [6.45, 7) is 2.12. The number of rotatable bonds is 3. The van der Waals surface area contributed by atoms with Crippen LogP contribution in [0.25, 0.3) is 0 Å². The van der Waals surface area contributed by atoms with Gasteiger partial charge in [-0.1, -0.05) is 11.6 Å². The number of halogens is 1. The zero-order valence-electron chi connectivity index (χ0n) is 10.9. The molecule has 0 radical (unpaired) electrons. The van der Waals surface area contributed by atoms with E-state index in [1.54, 1.807) is 11.0 Å². The summed E-state index contributed by atoms with van der Waals surface area (Å²) in [5.74, 6) is -0.138. The van der Waals surface area contributed by atoms with Crippen LogP contribution in [0.4, 0.5) is 5.69 Å². The highest BCUT2D eigenvalue weighted by Gasteiger charge is 2.19. The molecule has 0 spiro atoms. The third-order valence-corrected chi connectivity index (χ3v) is 3.71. The molecule has 1 aliphatic rings. The SMILES string of the molecule is CS(=O)(=O)Nc1ccc(C(=O)N2CCOCC2)cc1Cl. The number of benzene rings is 1. The molecule has 1 N–H and O–H groups in total. The van der Waals surface area contributed by atoms with E-state index in [9.17, 15) is 13.2 Å². The van der Waals surface area contributed by atoms with Gasteiger partial charge in [-0.15, -0.1) is 0 Å². The van der Waals surface area contributed by atoms with Gasteiger partial charge in [0.2, 0.25) is 10.0 Å². The second-order valence-electron chi connectivity index (χ2n) is 4.47. The van der Waals surface area contributed by atoms with Crippen LogP contribution in [-0.4, -0.2) is 51.8 Å². The van der Waals surface area contributed by atoms with Gasteiger partial charge in [0.05, 0.1) is 30.2 Å². The fraction of sp³-hybridized carbons (Fsp3) is 0.417. The third-order valence-electron chi connectivity index (χ3n) is 2.81. The van der Waals surface area contributed by atoms with Crippen LogP contribution >= 0.6 is 11.6 Å². The van der Waals surface area contributed by atoms with Crippen molar-refractivity contribution in [3.05, 3.63) is 28.8 Å². The Hall–Kier alpha value is -1.31. The van der Waals surface area contributed by atoms with Crippen molar-refractivity contribution in [2.45, 2.75) is 0 Å². The van der Waals surface area contributed by atoms with Gasteiger partial charge in [-0.3, -0.25) is 9.52 Å². The van der Waals surface area contributed by atoms with Gasteiger partial charge < -0.3 is 9.64 Å². The van der Waals surface area contributed by atoms with E-state index in [4.69, 9.17) is 16.3 Å².